The number of carbonyl (C=O) groups excluding carboxylic acids is 1. The molecule has 21 heavy (non-hydrogen) atoms. The van der Waals surface area contributed by atoms with Crippen LogP contribution in [0.1, 0.15) is 40.0 Å². The van der Waals surface area contributed by atoms with Crippen LogP contribution in [0.3, 0.4) is 0 Å². The molecule has 1 aliphatic carbocycles. The van der Waals surface area contributed by atoms with Crippen LogP contribution in [0.25, 0.3) is 0 Å². The summed E-state index contributed by atoms with van der Waals surface area (Å²) in [4.78, 5) is 23.5. The molecule has 6 nitrogen and oxygen atoms in total. The van der Waals surface area contributed by atoms with E-state index in [-0.39, 0.29) is 12.5 Å². The Morgan fingerprint density at radius 1 is 1.14 bits per heavy atom. The van der Waals surface area contributed by atoms with Crippen molar-refractivity contribution in [1.82, 2.24) is 5.32 Å². The Hall–Kier alpha value is -1.14. The number of ether oxygens (including phenoxy) is 2. The lowest BCUT2D eigenvalue weighted by molar-refractivity contribution is -0.148. The molecule has 122 valence electrons. The number of hydrogen-bond donors (Lipinski definition) is 2. The van der Waals surface area contributed by atoms with Gasteiger partial charge in [-0.15, -0.1) is 0 Å². The van der Waals surface area contributed by atoms with Crippen LogP contribution in [-0.4, -0.2) is 43.0 Å². The van der Waals surface area contributed by atoms with Gasteiger partial charge in [-0.25, -0.2) is 0 Å². The van der Waals surface area contributed by atoms with Crippen molar-refractivity contribution in [3.05, 3.63) is 0 Å². The summed E-state index contributed by atoms with van der Waals surface area (Å²) in [5.74, 6) is -1.79. The molecule has 0 heterocycles. The van der Waals surface area contributed by atoms with E-state index < -0.39 is 24.1 Å². The Balaban J connectivity index is 2.54. The first-order valence-corrected chi connectivity index (χ1v) is 7.77. The smallest absolute Gasteiger partial charge is 0.307 e. The minimum atomic E-state index is -0.878. The maximum absolute atomic E-state index is 12.2. The van der Waals surface area contributed by atoms with Gasteiger partial charge in [-0.05, 0) is 32.6 Å². The summed E-state index contributed by atoms with van der Waals surface area (Å²) in [5.41, 5.74) is 0. The first-order chi connectivity index (χ1) is 10.0. The number of carboxylic acids is 1. The molecule has 0 aromatic carbocycles. The van der Waals surface area contributed by atoms with Crippen LogP contribution < -0.4 is 5.32 Å². The molecule has 0 radical (unpaired) electrons. The van der Waals surface area contributed by atoms with Crippen molar-refractivity contribution in [3.63, 3.8) is 0 Å². The quantitative estimate of drug-likeness (QED) is 0.632. The fourth-order valence-electron chi connectivity index (χ4n) is 2.89. The van der Waals surface area contributed by atoms with E-state index in [1.54, 1.807) is 0 Å². The second kappa shape index (κ2) is 9.00. The lowest BCUT2D eigenvalue weighted by Gasteiger charge is -2.20. The van der Waals surface area contributed by atoms with Gasteiger partial charge in [0.05, 0.1) is 18.4 Å². The molecule has 0 aliphatic heterocycles. The minimum Gasteiger partial charge on any atom is -0.481 e. The number of carbonyl (C=O) groups is 2. The van der Waals surface area contributed by atoms with Gasteiger partial charge in [-0.2, -0.15) is 0 Å². The summed E-state index contributed by atoms with van der Waals surface area (Å²) in [5, 5.41) is 12.0. The first-order valence-electron chi connectivity index (χ1n) is 7.77. The molecule has 3 atom stereocenters. The van der Waals surface area contributed by atoms with E-state index in [1.165, 1.54) is 0 Å². The second-order valence-corrected chi connectivity index (χ2v) is 5.38. The highest BCUT2D eigenvalue weighted by atomic mass is 16.7. The lowest BCUT2D eigenvalue weighted by Crippen LogP contribution is -2.40. The van der Waals surface area contributed by atoms with Gasteiger partial charge in [0.25, 0.3) is 0 Å². The standard InChI is InChI=1S/C15H27NO5/c1-4-10-7-11(12(8-10)15(18)19)14(17)16-9-13(20-5-2)21-6-3/h10-13H,4-9H2,1-3H3,(H,16,17)(H,18,19)/t10?,11-,12+/m0/s1. The van der Waals surface area contributed by atoms with E-state index in [0.29, 0.717) is 32.0 Å². The maximum atomic E-state index is 12.2. The summed E-state index contributed by atoms with van der Waals surface area (Å²) in [6.07, 6.45) is 1.67. The highest BCUT2D eigenvalue weighted by molar-refractivity contribution is 5.85. The minimum absolute atomic E-state index is 0.206. The summed E-state index contributed by atoms with van der Waals surface area (Å²) < 4.78 is 10.7. The highest BCUT2D eigenvalue weighted by Gasteiger charge is 2.42. The number of aliphatic carboxylic acids is 1. The van der Waals surface area contributed by atoms with E-state index in [2.05, 4.69) is 5.32 Å². The van der Waals surface area contributed by atoms with Crippen molar-refractivity contribution in [1.29, 1.82) is 0 Å². The lowest BCUT2D eigenvalue weighted by atomic mass is 9.95. The Bertz CT molecular complexity index is 341. The zero-order valence-electron chi connectivity index (χ0n) is 13.1. The van der Waals surface area contributed by atoms with Crippen LogP contribution in [0.4, 0.5) is 0 Å². The summed E-state index contributed by atoms with van der Waals surface area (Å²) in [7, 11) is 0. The van der Waals surface area contributed by atoms with Crippen molar-refractivity contribution in [2.45, 2.75) is 46.3 Å². The molecular weight excluding hydrogens is 274 g/mol. The van der Waals surface area contributed by atoms with Gasteiger partial charge in [0.15, 0.2) is 6.29 Å². The maximum Gasteiger partial charge on any atom is 0.307 e. The van der Waals surface area contributed by atoms with Crippen molar-refractivity contribution in [2.75, 3.05) is 19.8 Å². The second-order valence-electron chi connectivity index (χ2n) is 5.38. The summed E-state index contributed by atoms with van der Waals surface area (Å²) in [6, 6.07) is 0. The average Bonchev–Trinajstić information content (AvgIpc) is 2.89. The largest absolute Gasteiger partial charge is 0.481 e. The molecule has 1 amide bonds. The fourth-order valence-corrected chi connectivity index (χ4v) is 2.89. The Kier molecular flexibility index (Phi) is 7.67. The van der Waals surface area contributed by atoms with Gasteiger partial charge in [-0.3, -0.25) is 9.59 Å². The zero-order valence-corrected chi connectivity index (χ0v) is 13.1. The van der Waals surface area contributed by atoms with E-state index in [0.717, 1.165) is 6.42 Å². The predicted molar refractivity (Wildman–Crippen MR) is 77.7 cm³/mol. The van der Waals surface area contributed by atoms with Gasteiger partial charge in [0, 0.05) is 13.2 Å². The van der Waals surface area contributed by atoms with Crippen molar-refractivity contribution in [2.24, 2.45) is 17.8 Å². The van der Waals surface area contributed by atoms with Crippen molar-refractivity contribution < 1.29 is 24.2 Å². The van der Waals surface area contributed by atoms with E-state index in [4.69, 9.17) is 9.47 Å². The molecule has 0 bridgehead atoms. The van der Waals surface area contributed by atoms with E-state index in [1.807, 2.05) is 20.8 Å². The van der Waals surface area contributed by atoms with Gasteiger partial charge < -0.3 is 19.9 Å². The molecule has 0 spiro atoms. The predicted octanol–water partition coefficient (Wildman–Crippen LogP) is 1.64. The molecular formula is C15H27NO5. The zero-order chi connectivity index (χ0) is 15.8. The fraction of sp³-hybridized carbons (Fsp3) is 0.867. The molecule has 0 saturated heterocycles. The van der Waals surface area contributed by atoms with Crippen LogP contribution in [0.15, 0.2) is 0 Å². The SMILES string of the molecule is CCOC(CNC(=O)[C@H]1CC(CC)C[C@H]1C(=O)O)OCC. The molecule has 1 saturated carbocycles. The number of carboxylic acid groups (broad SMARTS) is 1. The average molecular weight is 301 g/mol. The molecule has 0 aromatic heterocycles. The molecule has 1 aliphatic rings. The molecule has 0 aromatic rings. The molecule has 1 unspecified atom stereocenters. The summed E-state index contributed by atoms with van der Waals surface area (Å²) in [6.45, 7) is 7.00. The third-order valence-electron chi connectivity index (χ3n) is 4.04. The summed E-state index contributed by atoms with van der Waals surface area (Å²) >= 11 is 0. The third kappa shape index (κ3) is 5.28. The van der Waals surface area contributed by atoms with Gasteiger partial charge in [-0.1, -0.05) is 13.3 Å². The van der Waals surface area contributed by atoms with Crippen LogP contribution in [-0.2, 0) is 19.1 Å². The molecule has 1 rings (SSSR count). The number of hydrogen-bond acceptors (Lipinski definition) is 4. The number of nitrogens with one attached hydrogen (secondary N) is 1. The van der Waals surface area contributed by atoms with Crippen molar-refractivity contribution >= 4 is 11.9 Å². The van der Waals surface area contributed by atoms with Crippen LogP contribution >= 0.6 is 0 Å². The van der Waals surface area contributed by atoms with E-state index >= 15 is 0 Å². The van der Waals surface area contributed by atoms with Gasteiger partial charge in [0.2, 0.25) is 5.91 Å². The Labute approximate surface area is 126 Å². The molecule has 1 fully saturated rings. The van der Waals surface area contributed by atoms with E-state index in [9.17, 15) is 14.7 Å². The van der Waals surface area contributed by atoms with Crippen LogP contribution in [0, 0.1) is 17.8 Å². The Morgan fingerprint density at radius 3 is 2.19 bits per heavy atom. The van der Waals surface area contributed by atoms with Gasteiger partial charge in [0.1, 0.15) is 0 Å². The van der Waals surface area contributed by atoms with Crippen LogP contribution in [0.2, 0.25) is 0 Å². The van der Waals surface area contributed by atoms with Crippen molar-refractivity contribution in [3.8, 4) is 0 Å². The Morgan fingerprint density at radius 2 is 1.71 bits per heavy atom. The number of rotatable bonds is 9. The topological polar surface area (TPSA) is 84.9 Å². The monoisotopic (exact) mass is 301 g/mol. The number of amides is 1. The van der Waals surface area contributed by atoms with Gasteiger partial charge >= 0.3 is 5.97 Å². The normalized spacial score (nSPS) is 25.2. The van der Waals surface area contributed by atoms with Crippen LogP contribution in [0.5, 0.6) is 0 Å². The first kappa shape index (κ1) is 17.9. The molecule has 6 heteroatoms. The highest BCUT2D eigenvalue weighted by Crippen LogP contribution is 2.38. The third-order valence-corrected chi connectivity index (χ3v) is 4.04. The molecule has 2 N–H and O–H groups in total.